The molecule has 94 valence electrons. The predicted octanol–water partition coefficient (Wildman–Crippen LogP) is 1.97. The smallest absolute Gasteiger partial charge is 0.251 e. The molecule has 1 aliphatic carbocycles. The van der Waals surface area contributed by atoms with Crippen LogP contribution < -0.4 is 5.32 Å². The minimum absolute atomic E-state index is 0.0342. The van der Waals surface area contributed by atoms with E-state index in [0.717, 1.165) is 12.8 Å². The van der Waals surface area contributed by atoms with Crippen LogP contribution in [-0.4, -0.2) is 23.7 Å². The molecule has 1 fully saturated rings. The standard InChI is InChI=1S/C14H14ClNO2/c15-13-9-11(14(18)16-12-6-7-12)5-4-10(13)3-1-2-8-17/h4-5,9,12,17H,2,6-8H2,(H,16,18). The maximum Gasteiger partial charge on any atom is 0.251 e. The Morgan fingerprint density at radius 1 is 1.50 bits per heavy atom. The quantitative estimate of drug-likeness (QED) is 0.819. The Bertz CT molecular complexity index is 512. The van der Waals surface area contributed by atoms with Crippen molar-refractivity contribution in [2.24, 2.45) is 0 Å². The van der Waals surface area contributed by atoms with Gasteiger partial charge >= 0.3 is 0 Å². The first-order chi connectivity index (χ1) is 8.70. The molecule has 1 aliphatic rings. The summed E-state index contributed by atoms with van der Waals surface area (Å²) >= 11 is 6.06. The lowest BCUT2D eigenvalue weighted by Crippen LogP contribution is -2.25. The third-order valence-corrected chi connectivity index (χ3v) is 2.92. The van der Waals surface area contributed by atoms with Crippen LogP contribution in [0.2, 0.25) is 5.02 Å². The van der Waals surface area contributed by atoms with Crippen LogP contribution in [0.3, 0.4) is 0 Å². The van der Waals surface area contributed by atoms with Crippen molar-refractivity contribution in [2.45, 2.75) is 25.3 Å². The lowest BCUT2D eigenvalue weighted by molar-refractivity contribution is 0.0951. The molecule has 1 saturated carbocycles. The maximum atomic E-state index is 11.8. The Morgan fingerprint density at radius 2 is 2.28 bits per heavy atom. The van der Waals surface area contributed by atoms with Crippen LogP contribution in [0.15, 0.2) is 18.2 Å². The van der Waals surface area contributed by atoms with E-state index in [9.17, 15) is 4.79 Å². The number of nitrogens with one attached hydrogen (secondary N) is 1. The molecule has 1 aromatic rings. The van der Waals surface area contributed by atoms with Crippen LogP contribution in [0, 0.1) is 11.8 Å². The molecular weight excluding hydrogens is 250 g/mol. The van der Waals surface area contributed by atoms with Gasteiger partial charge in [0.15, 0.2) is 0 Å². The van der Waals surface area contributed by atoms with Gasteiger partial charge in [0.25, 0.3) is 5.91 Å². The Hall–Kier alpha value is -1.50. The molecule has 0 radical (unpaired) electrons. The second-order valence-corrected chi connectivity index (χ2v) is 4.62. The van der Waals surface area contributed by atoms with Crippen molar-refractivity contribution in [1.29, 1.82) is 0 Å². The van der Waals surface area contributed by atoms with E-state index in [1.807, 2.05) is 0 Å². The number of hydrogen-bond acceptors (Lipinski definition) is 2. The molecule has 2 N–H and O–H groups in total. The normalized spacial score (nSPS) is 13.7. The van der Waals surface area contributed by atoms with Gasteiger partial charge in [-0.1, -0.05) is 23.4 Å². The van der Waals surface area contributed by atoms with Crippen molar-refractivity contribution in [3.63, 3.8) is 0 Å². The third-order valence-electron chi connectivity index (χ3n) is 2.60. The number of hydrogen-bond donors (Lipinski definition) is 2. The number of carbonyl (C=O) groups excluding carboxylic acids is 1. The number of aliphatic hydroxyl groups excluding tert-OH is 1. The van der Waals surface area contributed by atoms with E-state index < -0.39 is 0 Å². The average molecular weight is 264 g/mol. The summed E-state index contributed by atoms with van der Waals surface area (Å²) in [5, 5.41) is 12.0. The van der Waals surface area contributed by atoms with Crippen LogP contribution in [-0.2, 0) is 0 Å². The summed E-state index contributed by atoms with van der Waals surface area (Å²) in [6.07, 6.45) is 2.54. The first-order valence-corrected chi connectivity index (χ1v) is 6.28. The summed E-state index contributed by atoms with van der Waals surface area (Å²) in [5.74, 6) is 5.57. The Kier molecular flexibility index (Phi) is 4.24. The Balaban J connectivity index is 2.09. The summed E-state index contributed by atoms with van der Waals surface area (Å²) in [6, 6.07) is 5.41. The van der Waals surface area contributed by atoms with Gasteiger partial charge in [0.05, 0.1) is 11.6 Å². The van der Waals surface area contributed by atoms with Gasteiger partial charge in [-0.05, 0) is 31.0 Å². The lowest BCUT2D eigenvalue weighted by Gasteiger charge is -2.04. The highest BCUT2D eigenvalue weighted by Gasteiger charge is 2.23. The molecule has 0 unspecified atom stereocenters. The topological polar surface area (TPSA) is 49.3 Å². The molecule has 0 heterocycles. The monoisotopic (exact) mass is 263 g/mol. The fourth-order valence-corrected chi connectivity index (χ4v) is 1.70. The average Bonchev–Trinajstić information content (AvgIpc) is 3.15. The van der Waals surface area contributed by atoms with Gasteiger partial charge in [0.2, 0.25) is 0 Å². The highest BCUT2D eigenvalue weighted by Crippen LogP contribution is 2.21. The van der Waals surface area contributed by atoms with Crippen molar-refractivity contribution in [3.8, 4) is 11.8 Å². The van der Waals surface area contributed by atoms with Gasteiger partial charge < -0.3 is 10.4 Å². The first-order valence-electron chi connectivity index (χ1n) is 5.91. The Morgan fingerprint density at radius 3 is 2.89 bits per heavy atom. The van der Waals surface area contributed by atoms with Gasteiger partial charge in [0.1, 0.15) is 0 Å². The molecular formula is C14H14ClNO2. The van der Waals surface area contributed by atoms with E-state index in [1.165, 1.54) is 0 Å². The van der Waals surface area contributed by atoms with E-state index in [0.29, 0.717) is 28.6 Å². The number of halogens is 1. The highest BCUT2D eigenvalue weighted by molar-refractivity contribution is 6.32. The summed E-state index contributed by atoms with van der Waals surface area (Å²) in [4.78, 5) is 11.8. The van der Waals surface area contributed by atoms with Crippen LogP contribution in [0.1, 0.15) is 35.2 Å². The SMILES string of the molecule is O=C(NC1CC1)c1ccc(C#CCCO)c(Cl)c1. The molecule has 0 aliphatic heterocycles. The fourth-order valence-electron chi connectivity index (χ4n) is 1.47. The van der Waals surface area contributed by atoms with Crippen LogP contribution >= 0.6 is 11.6 Å². The van der Waals surface area contributed by atoms with Gasteiger partial charge in [-0.3, -0.25) is 4.79 Å². The molecule has 18 heavy (non-hydrogen) atoms. The molecule has 0 saturated heterocycles. The predicted molar refractivity (Wildman–Crippen MR) is 70.5 cm³/mol. The molecule has 1 aromatic carbocycles. The van der Waals surface area contributed by atoms with E-state index >= 15 is 0 Å². The van der Waals surface area contributed by atoms with Crippen molar-refractivity contribution in [1.82, 2.24) is 5.32 Å². The van der Waals surface area contributed by atoms with Crippen LogP contribution in [0.5, 0.6) is 0 Å². The van der Waals surface area contributed by atoms with E-state index in [-0.39, 0.29) is 12.5 Å². The number of aliphatic hydroxyl groups is 1. The molecule has 0 aromatic heterocycles. The minimum atomic E-state index is -0.0886. The van der Waals surface area contributed by atoms with Crippen molar-refractivity contribution >= 4 is 17.5 Å². The fraction of sp³-hybridized carbons (Fsp3) is 0.357. The number of carbonyl (C=O) groups is 1. The van der Waals surface area contributed by atoms with Crippen molar-refractivity contribution in [3.05, 3.63) is 34.3 Å². The maximum absolute atomic E-state index is 11.8. The molecule has 0 atom stereocenters. The summed E-state index contributed by atoms with van der Waals surface area (Å²) in [7, 11) is 0. The Labute approximate surface area is 111 Å². The van der Waals surface area contributed by atoms with E-state index in [1.54, 1.807) is 18.2 Å². The zero-order chi connectivity index (χ0) is 13.0. The zero-order valence-corrected chi connectivity index (χ0v) is 10.6. The minimum Gasteiger partial charge on any atom is -0.395 e. The molecule has 3 nitrogen and oxygen atoms in total. The van der Waals surface area contributed by atoms with Gasteiger partial charge in [-0.2, -0.15) is 0 Å². The molecule has 0 bridgehead atoms. The van der Waals surface area contributed by atoms with Crippen LogP contribution in [0.25, 0.3) is 0 Å². The van der Waals surface area contributed by atoms with Crippen LogP contribution in [0.4, 0.5) is 0 Å². The number of benzene rings is 1. The van der Waals surface area contributed by atoms with Gasteiger partial charge in [-0.25, -0.2) is 0 Å². The van der Waals surface area contributed by atoms with Crippen molar-refractivity contribution in [2.75, 3.05) is 6.61 Å². The van der Waals surface area contributed by atoms with E-state index in [4.69, 9.17) is 16.7 Å². The zero-order valence-electron chi connectivity index (χ0n) is 9.87. The summed E-state index contributed by atoms with van der Waals surface area (Å²) < 4.78 is 0. The van der Waals surface area contributed by atoms with E-state index in [2.05, 4.69) is 17.2 Å². The largest absolute Gasteiger partial charge is 0.395 e. The third kappa shape index (κ3) is 3.49. The van der Waals surface area contributed by atoms with Gasteiger partial charge in [-0.15, -0.1) is 0 Å². The second kappa shape index (κ2) is 5.90. The molecule has 2 rings (SSSR count). The summed E-state index contributed by atoms with van der Waals surface area (Å²) in [5.41, 5.74) is 1.23. The summed E-state index contributed by atoms with van der Waals surface area (Å²) in [6.45, 7) is 0.0342. The van der Waals surface area contributed by atoms with Crippen molar-refractivity contribution < 1.29 is 9.90 Å². The van der Waals surface area contributed by atoms with Gasteiger partial charge in [0, 0.05) is 23.6 Å². The first kappa shape index (κ1) is 12.9. The lowest BCUT2D eigenvalue weighted by atomic mass is 10.1. The molecule has 4 heteroatoms. The second-order valence-electron chi connectivity index (χ2n) is 4.22. The number of rotatable bonds is 3. The molecule has 0 spiro atoms. The highest BCUT2D eigenvalue weighted by atomic mass is 35.5. The number of amides is 1. The molecule has 1 amide bonds.